The van der Waals surface area contributed by atoms with Gasteiger partial charge in [-0.25, -0.2) is 9.78 Å². The Labute approximate surface area is 255 Å². The van der Waals surface area contributed by atoms with Gasteiger partial charge in [-0.3, -0.25) is 19.2 Å². The lowest BCUT2D eigenvalue weighted by Gasteiger charge is -2.26. The fraction of sp³-hybridized carbons (Fsp3) is 0.406. The Bertz CT molecular complexity index is 1580. The molecule has 4 heterocycles. The van der Waals surface area contributed by atoms with Crippen molar-refractivity contribution >= 4 is 28.8 Å². The lowest BCUT2D eigenvalue weighted by molar-refractivity contribution is -0.133. The first-order chi connectivity index (χ1) is 21.5. The second kappa shape index (κ2) is 13.6. The highest BCUT2D eigenvalue weighted by atomic mass is 16.6. The summed E-state index contributed by atoms with van der Waals surface area (Å²) in [6.45, 7) is 3.94. The number of cyclic esters (lactones) is 1. The van der Waals surface area contributed by atoms with Crippen LogP contribution in [0.5, 0.6) is 5.75 Å². The van der Waals surface area contributed by atoms with E-state index >= 15 is 0 Å². The molecule has 44 heavy (non-hydrogen) atoms. The summed E-state index contributed by atoms with van der Waals surface area (Å²) in [5.41, 5.74) is 1.78. The number of carbonyl (C=O) groups excluding carboxylic acids is 3. The SMILES string of the molecule is O=C(CN1CCOC1=O)N1CCCCN(C(=O)Cn2cc3ccccc3n2)CCn2ccnc2-c2cccc(c2)OCCC1. The van der Waals surface area contributed by atoms with E-state index in [4.69, 9.17) is 9.47 Å². The van der Waals surface area contributed by atoms with Gasteiger partial charge in [-0.15, -0.1) is 0 Å². The first-order valence-corrected chi connectivity index (χ1v) is 15.2. The normalized spacial score (nSPS) is 16.7. The number of carbonyl (C=O) groups is 3. The first kappa shape index (κ1) is 29.2. The second-order valence-electron chi connectivity index (χ2n) is 11.1. The van der Waals surface area contributed by atoms with E-state index in [1.54, 1.807) is 15.8 Å². The number of rotatable bonds is 4. The fourth-order valence-electron chi connectivity index (χ4n) is 5.64. The van der Waals surface area contributed by atoms with E-state index in [-0.39, 0.29) is 24.9 Å². The maximum absolute atomic E-state index is 13.6. The lowest BCUT2D eigenvalue weighted by atomic mass is 10.2. The largest absolute Gasteiger partial charge is 0.494 e. The van der Waals surface area contributed by atoms with Crippen LogP contribution in [0, 0.1) is 0 Å². The molecule has 3 amide bonds. The van der Waals surface area contributed by atoms with Crippen LogP contribution in [0.3, 0.4) is 0 Å². The average molecular weight is 600 g/mol. The number of nitrogens with zero attached hydrogens (tertiary/aromatic N) is 7. The van der Waals surface area contributed by atoms with Crippen molar-refractivity contribution in [2.75, 3.05) is 52.5 Å². The lowest BCUT2D eigenvalue weighted by Crippen LogP contribution is -2.42. The zero-order valence-corrected chi connectivity index (χ0v) is 24.7. The first-order valence-electron chi connectivity index (χ1n) is 15.2. The molecule has 1 saturated heterocycles. The minimum Gasteiger partial charge on any atom is -0.494 e. The van der Waals surface area contributed by atoms with E-state index in [1.165, 1.54) is 4.90 Å². The molecule has 4 aromatic rings. The zero-order valence-electron chi connectivity index (χ0n) is 24.7. The van der Waals surface area contributed by atoms with Crippen molar-refractivity contribution in [1.82, 2.24) is 34.0 Å². The molecule has 0 radical (unpaired) electrons. The summed E-state index contributed by atoms with van der Waals surface area (Å²) in [6, 6.07) is 15.6. The molecular formula is C32H37N7O5. The number of amides is 3. The number of aromatic nitrogens is 4. The standard InChI is InChI=1S/C32H37N7O5/c40-29(23-38-18-20-44-32(38)42)35-12-3-4-13-36(30(41)24-39-22-26-7-1-2-10-28(26)34-39)16-17-37-15-11-33-31(37)25-8-5-9-27(21-25)43-19-6-14-35/h1-2,5,7-11,15,21-22H,3-4,6,12-14,16-20,23-24H2. The topological polar surface area (TPSA) is 115 Å². The summed E-state index contributed by atoms with van der Waals surface area (Å²) in [6.07, 6.45) is 7.22. The van der Waals surface area contributed by atoms with Gasteiger partial charge in [0, 0.05) is 62.3 Å². The summed E-state index contributed by atoms with van der Waals surface area (Å²) >= 11 is 0. The molecule has 0 aliphatic carbocycles. The third-order valence-electron chi connectivity index (χ3n) is 8.00. The van der Waals surface area contributed by atoms with E-state index in [0.717, 1.165) is 34.5 Å². The summed E-state index contributed by atoms with van der Waals surface area (Å²) in [5, 5.41) is 5.57. The van der Waals surface area contributed by atoms with Crippen LogP contribution >= 0.6 is 0 Å². The number of benzene rings is 2. The highest BCUT2D eigenvalue weighted by molar-refractivity contribution is 5.83. The molecule has 0 spiro atoms. The van der Waals surface area contributed by atoms with Crippen molar-refractivity contribution in [3.05, 3.63) is 67.1 Å². The number of fused-ring (bicyclic) bond motifs is 5. The summed E-state index contributed by atoms with van der Waals surface area (Å²) in [7, 11) is 0. The van der Waals surface area contributed by atoms with Crippen LogP contribution in [0.15, 0.2) is 67.1 Å². The van der Waals surface area contributed by atoms with Gasteiger partial charge in [-0.05, 0) is 37.5 Å². The van der Waals surface area contributed by atoms with Gasteiger partial charge in [0.05, 0.1) is 18.7 Å². The molecule has 0 saturated carbocycles. The number of ether oxygens (including phenoxy) is 2. The second-order valence-corrected chi connectivity index (χ2v) is 11.1. The Morgan fingerprint density at radius 1 is 0.795 bits per heavy atom. The molecule has 1 fully saturated rings. The molecule has 12 heteroatoms. The van der Waals surface area contributed by atoms with E-state index in [1.807, 2.05) is 65.8 Å². The van der Waals surface area contributed by atoms with Crippen molar-refractivity contribution in [3.63, 3.8) is 0 Å². The van der Waals surface area contributed by atoms with Gasteiger partial charge in [0.25, 0.3) is 0 Å². The number of hydrogen-bond acceptors (Lipinski definition) is 7. The van der Waals surface area contributed by atoms with E-state index in [0.29, 0.717) is 65.3 Å². The zero-order chi connectivity index (χ0) is 30.3. The minimum atomic E-state index is -0.453. The average Bonchev–Trinajstić information content (AvgIpc) is 3.77. The molecule has 0 N–H and O–H groups in total. The van der Waals surface area contributed by atoms with Crippen LogP contribution < -0.4 is 4.74 Å². The Kier molecular flexibility index (Phi) is 9.04. The van der Waals surface area contributed by atoms with E-state index in [2.05, 4.69) is 14.6 Å². The molecule has 230 valence electrons. The third-order valence-corrected chi connectivity index (χ3v) is 8.00. The molecule has 2 aliphatic rings. The maximum atomic E-state index is 13.6. The van der Waals surface area contributed by atoms with Crippen LogP contribution in [0.4, 0.5) is 4.79 Å². The smallest absolute Gasteiger partial charge is 0.410 e. The third kappa shape index (κ3) is 7.01. The van der Waals surface area contributed by atoms with Crippen molar-refractivity contribution in [3.8, 4) is 17.1 Å². The Morgan fingerprint density at radius 3 is 2.41 bits per heavy atom. The predicted octanol–water partition coefficient (Wildman–Crippen LogP) is 3.27. The monoisotopic (exact) mass is 599 g/mol. The fourth-order valence-corrected chi connectivity index (χ4v) is 5.64. The molecule has 0 unspecified atom stereocenters. The van der Waals surface area contributed by atoms with Crippen molar-refractivity contribution in [1.29, 1.82) is 0 Å². The van der Waals surface area contributed by atoms with E-state index in [9.17, 15) is 14.4 Å². The molecule has 6 rings (SSSR count). The molecule has 2 aliphatic heterocycles. The molecular weight excluding hydrogens is 562 g/mol. The predicted molar refractivity (Wildman–Crippen MR) is 163 cm³/mol. The van der Waals surface area contributed by atoms with Crippen molar-refractivity contribution in [2.45, 2.75) is 32.4 Å². The summed E-state index contributed by atoms with van der Waals surface area (Å²) < 4.78 is 14.8. The number of imidazole rings is 1. The molecule has 2 aromatic carbocycles. The Balaban J connectivity index is 1.19. The molecule has 12 nitrogen and oxygen atoms in total. The Morgan fingerprint density at radius 2 is 1.59 bits per heavy atom. The van der Waals surface area contributed by atoms with Gasteiger partial charge in [-0.1, -0.05) is 30.3 Å². The van der Waals surface area contributed by atoms with Gasteiger partial charge in [0.1, 0.15) is 31.3 Å². The molecule has 0 atom stereocenters. The molecule has 2 aromatic heterocycles. The van der Waals surface area contributed by atoms with Gasteiger partial charge < -0.3 is 23.8 Å². The van der Waals surface area contributed by atoms with Crippen LogP contribution in [-0.2, 0) is 27.4 Å². The Hall–Kier alpha value is -4.87. The van der Waals surface area contributed by atoms with Crippen molar-refractivity contribution < 1.29 is 23.9 Å². The van der Waals surface area contributed by atoms with Gasteiger partial charge in [0.15, 0.2) is 0 Å². The highest BCUT2D eigenvalue weighted by Crippen LogP contribution is 2.23. The number of hydrogen-bond donors (Lipinski definition) is 0. The van der Waals surface area contributed by atoms with Gasteiger partial charge in [0.2, 0.25) is 11.8 Å². The maximum Gasteiger partial charge on any atom is 0.410 e. The van der Waals surface area contributed by atoms with E-state index < -0.39 is 6.09 Å². The van der Waals surface area contributed by atoms with Gasteiger partial charge in [-0.2, -0.15) is 5.10 Å². The van der Waals surface area contributed by atoms with Crippen molar-refractivity contribution in [2.24, 2.45) is 0 Å². The summed E-state index contributed by atoms with van der Waals surface area (Å²) in [5.74, 6) is 1.39. The van der Waals surface area contributed by atoms with Crippen LogP contribution in [-0.4, -0.2) is 104 Å². The van der Waals surface area contributed by atoms with Crippen LogP contribution in [0.25, 0.3) is 22.3 Å². The van der Waals surface area contributed by atoms with Gasteiger partial charge >= 0.3 is 6.09 Å². The molecule has 2 bridgehead atoms. The quantitative estimate of drug-likeness (QED) is 0.354. The highest BCUT2D eigenvalue weighted by Gasteiger charge is 2.26. The van der Waals surface area contributed by atoms with Crippen LogP contribution in [0.1, 0.15) is 19.3 Å². The summed E-state index contributed by atoms with van der Waals surface area (Å²) in [4.78, 5) is 48.5. The van der Waals surface area contributed by atoms with Crippen LogP contribution in [0.2, 0.25) is 0 Å². The minimum absolute atomic E-state index is 0.00393.